The zero-order chi connectivity index (χ0) is 20.6. The maximum Gasteiger partial charge on any atom is 0.132 e. The van der Waals surface area contributed by atoms with Crippen molar-refractivity contribution in [3.8, 4) is 34.0 Å². The number of aromatic amines is 1. The molecule has 1 N–H and O–H groups in total. The van der Waals surface area contributed by atoms with E-state index in [1.54, 1.807) is 7.11 Å². The molecule has 30 heavy (non-hydrogen) atoms. The van der Waals surface area contributed by atoms with E-state index in [4.69, 9.17) is 14.2 Å². The maximum absolute atomic E-state index is 5.99. The Morgan fingerprint density at radius 2 is 1.57 bits per heavy atom. The zero-order valence-corrected chi connectivity index (χ0v) is 16.9. The topological polar surface area (TPSA) is 56.4 Å². The monoisotopic (exact) mass is 400 g/mol. The number of methoxy groups -OCH3 is 1. The molecule has 0 aliphatic heterocycles. The number of nitrogens with zero attached hydrogens (tertiary/aromatic N) is 1. The van der Waals surface area contributed by atoms with Gasteiger partial charge in [0.05, 0.1) is 18.0 Å². The van der Waals surface area contributed by atoms with Crippen molar-refractivity contribution in [2.24, 2.45) is 0 Å². The second kappa shape index (κ2) is 9.76. The quantitative estimate of drug-likeness (QED) is 0.385. The minimum absolute atomic E-state index is 0.450. The smallest absolute Gasteiger partial charge is 0.132 e. The van der Waals surface area contributed by atoms with Gasteiger partial charge in [0, 0.05) is 24.3 Å². The van der Waals surface area contributed by atoms with Crippen molar-refractivity contribution in [3.63, 3.8) is 0 Å². The molecule has 0 aliphatic rings. The number of nitrogens with one attached hydrogen (secondary N) is 1. The number of ether oxygens (including phenoxy) is 3. The third-order valence-electron chi connectivity index (χ3n) is 4.68. The molecule has 5 heteroatoms. The average molecular weight is 400 g/mol. The second-order valence-electron chi connectivity index (χ2n) is 6.81. The first kappa shape index (κ1) is 19.7. The number of benzene rings is 3. The highest BCUT2D eigenvalue weighted by Crippen LogP contribution is 2.34. The minimum atomic E-state index is 0.450. The van der Waals surface area contributed by atoms with E-state index in [2.05, 4.69) is 10.2 Å². The van der Waals surface area contributed by atoms with Crippen LogP contribution in [0.3, 0.4) is 0 Å². The summed E-state index contributed by atoms with van der Waals surface area (Å²) in [6.45, 7) is 1.46. The second-order valence-corrected chi connectivity index (χ2v) is 6.81. The Bertz CT molecular complexity index is 1060. The minimum Gasteiger partial charge on any atom is -0.490 e. The van der Waals surface area contributed by atoms with Crippen LogP contribution in [0.25, 0.3) is 22.5 Å². The molecule has 0 saturated heterocycles. The Labute approximate surface area is 176 Å². The van der Waals surface area contributed by atoms with Gasteiger partial charge in [-0.3, -0.25) is 5.10 Å². The third-order valence-corrected chi connectivity index (χ3v) is 4.68. The van der Waals surface area contributed by atoms with Crippen LogP contribution in [0.1, 0.15) is 5.56 Å². The van der Waals surface area contributed by atoms with Gasteiger partial charge < -0.3 is 14.2 Å². The Morgan fingerprint density at radius 3 is 2.33 bits per heavy atom. The first-order chi connectivity index (χ1) is 14.8. The van der Waals surface area contributed by atoms with Gasteiger partial charge in [-0.1, -0.05) is 60.7 Å². The highest BCUT2D eigenvalue weighted by Gasteiger charge is 2.13. The van der Waals surface area contributed by atoms with E-state index in [9.17, 15) is 0 Å². The van der Waals surface area contributed by atoms with Gasteiger partial charge in [0.1, 0.15) is 24.7 Å². The van der Waals surface area contributed by atoms with Gasteiger partial charge in [-0.25, -0.2) is 0 Å². The van der Waals surface area contributed by atoms with Crippen LogP contribution in [0.2, 0.25) is 0 Å². The normalized spacial score (nSPS) is 10.7. The molecule has 0 amide bonds. The average Bonchev–Trinajstić information content (AvgIpc) is 3.29. The summed E-state index contributed by atoms with van der Waals surface area (Å²) in [5.74, 6) is 1.47. The van der Waals surface area contributed by atoms with E-state index in [-0.39, 0.29) is 0 Å². The number of hydrogen-bond acceptors (Lipinski definition) is 4. The summed E-state index contributed by atoms with van der Waals surface area (Å²) in [6, 6.07) is 28.0. The molecule has 1 aromatic heterocycles. The van der Waals surface area contributed by atoms with Crippen LogP contribution in [0.15, 0.2) is 84.9 Å². The van der Waals surface area contributed by atoms with Crippen molar-refractivity contribution in [1.82, 2.24) is 10.2 Å². The van der Waals surface area contributed by atoms with Crippen molar-refractivity contribution >= 4 is 0 Å². The Hall–Kier alpha value is -3.57. The molecule has 4 aromatic rings. The highest BCUT2D eigenvalue weighted by atomic mass is 16.5. The predicted octanol–water partition coefficient (Wildman–Crippen LogP) is 5.35. The molecule has 0 atom stereocenters. The van der Waals surface area contributed by atoms with Crippen LogP contribution >= 0.6 is 0 Å². The van der Waals surface area contributed by atoms with Crippen LogP contribution in [-0.2, 0) is 11.3 Å². The largest absolute Gasteiger partial charge is 0.490 e. The molecule has 3 aromatic carbocycles. The van der Waals surface area contributed by atoms with Gasteiger partial charge in [0.15, 0.2) is 0 Å². The molecule has 5 nitrogen and oxygen atoms in total. The molecule has 0 radical (unpaired) electrons. The van der Waals surface area contributed by atoms with E-state index in [1.165, 1.54) is 0 Å². The van der Waals surface area contributed by atoms with Gasteiger partial charge in [-0.2, -0.15) is 5.10 Å². The third kappa shape index (κ3) is 4.88. The van der Waals surface area contributed by atoms with Crippen LogP contribution in [-0.4, -0.2) is 30.5 Å². The standard InChI is InChI=1S/C25H24N2O3/c1-28-14-15-29-25-16-21(30-18-19-8-4-2-5-9-19)12-13-22(25)24-17-23(26-27-24)20-10-6-3-7-11-20/h2-13,16-17H,14-15,18H2,1H3,(H,26,27). The Balaban J connectivity index is 1.57. The summed E-state index contributed by atoms with van der Waals surface area (Å²) in [4.78, 5) is 0. The van der Waals surface area contributed by atoms with Gasteiger partial charge >= 0.3 is 0 Å². The molecule has 0 saturated carbocycles. The first-order valence-electron chi connectivity index (χ1n) is 9.87. The Morgan fingerprint density at radius 1 is 0.800 bits per heavy atom. The van der Waals surface area contributed by atoms with Crippen LogP contribution in [0.4, 0.5) is 0 Å². The van der Waals surface area contributed by atoms with Gasteiger partial charge in [0.2, 0.25) is 0 Å². The van der Waals surface area contributed by atoms with E-state index < -0.39 is 0 Å². The SMILES string of the molecule is COCCOc1cc(OCc2ccccc2)ccc1-c1cc(-c2ccccc2)n[nH]1. The fraction of sp³-hybridized carbons (Fsp3) is 0.160. The number of hydrogen-bond donors (Lipinski definition) is 1. The van der Waals surface area contributed by atoms with E-state index >= 15 is 0 Å². The molecule has 0 bridgehead atoms. The van der Waals surface area contributed by atoms with Crippen molar-refractivity contribution in [2.45, 2.75) is 6.61 Å². The molecule has 0 unspecified atom stereocenters. The van der Waals surface area contributed by atoms with Gasteiger partial charge in [0.25, 0.3) is 0 Å². The van der Waals surface area contributed by atoms with E-state index in [0.29, 0.717) is 19.8 Å². The molecular weight excluding hydrogens is 376 g/mol. The molecule has 0 aliphatic carbocycles. The highest BCUT2D eigenvalue weighted by molar-refractivity contribution is 5.73. The summed E-state index contributed by atoms with van der Waals surface area (Å²) < 4.78 is 17.1. The lowest BCUT2D eigenvalue weighted by Crippen LogP contribution is -2.05. The first-order valence-corrected chi connectivity index (χ1v) is 9.87. The van der Waals surface area contributed by atoms with E-state index in [1.807, 2.05) is 84.9 Å². The lowest BCUT2D eigenvalue weighted by molar-refractivity contribution is 0.146. The van der Waals surface area contributed by atoms with E-state index in [0.717, 1.165) is 39.6 Å². The number of H-pyrrole nitrogens is 1. The summed E-state index contributed by atoms with van der Waals surface area (Å²) in [5.41, 5.74) is 4.87. The fourth-order valence-electron chi connectivity index (χ4n) is 3.13. The van der Waals surface area contributed by atoms with Crippen LogP contribution in [0.5, 0.6) is 11.5 Å². The zero-order valence-electron chi connectivity index (χ0n) is 16.9. The lowest BCUT2D eigenvalue weighted by Gasteiger charge is -2.13. The van der Waals surface area contributed by atoms with Gasteiger partial charge in [-0.15, -0.1) is 0 Å². The molecule has 0 spiro atoms. The molecule has 4 rings (SSSR count). The van der Waals surface area contributed by atoms with Gasteiger partial charge in [-0.05, 0) is 23.8 Å². The molecule has 1 heterocycles. The fourth-order valence-corrected chi connectivity index (χ4v) is 3.13. The lowest BCUT2D eigenvalue weighted by atomic mass is 10.1. The number of aromatic nitrogens is 2. The molecular formula is C25H24N2O3. The summed E-state index contributed by atoms with van der Waals surface area (Å²) >= 11 is 0. The van der Waals surface area contributed by atoms with Crippen LogP contribution < -0.4 is 9.47 Å². The van der Waals surface area contributed by atoms with Crippen molar-refractivity contribution in [3.05, 3.63) is 90.5 Å². The van der Waals surface area contributed by atoms with Crippen molar-refractivity contribution in [2.75, 3.05) is 20.3 Å². The Kier molecular flexibility index (Phi) is 6.42. The predicted molar refractivity (Wildman–Crippen MR) is 118 cm³/mol. The van der Waals surface area contributed by atoms with Crippen molar-refractivity contribution in [1.29, 1.82) is 0 Å². The van der Waals surface area contributed by atoms with Crippen molar-refractivity contribution < 1.29 is 14.2 Å². The summed E-state index contributed by atoms with van der Waals surface area (Å²) in [6.07, 6.45) is 0. The summed E-state index contributed by atoms with van der Waals surface area (Å²) in [5, 5.41) is 7.59. The summed E-state index contributed by atoms with van der Waals surface area (Å²) in [7, 11) is 1.66. The molecule has 152 valence electrons. The molecule has 0 fully saturated rings. The van der Waals surface area contributed by atoms with Crippen LogP contribution in [0, 0.1) is 0 Å². The maximum atomic E-state index is 5.99. The number of rotatable bonds is 9.